The lowest BCUT2D eigenvalue weighted by Gasteiger charge is -2.12. The summed E-state index contributed by atoms with van der Waals surface area (Å²) >= 11 is 1.16. The lowest BCUT2D eigenvalue weighted by Crippen LogP contribution is -2.28. The maximum Gasteiger partial charge on any atom is 0.270 e. The van der Waals surface area contributed by atoms with Gasteiger partial charge in [0.2, 0.25) is 5.13 Å². The monoisotopic (exact) mass is 307 g/mol. The van der Waals surface area contributed by atoms with E-state index in [1.165, 1.54) is 24.3 Å². The van der Waals surface area contributed by atoms with Gasteiger partial charge in [-0.3, -0.25) is 20.2 Å². The molecule has 0 spiro atoms. The van der Waals surface area contributed by atoms with Crippen molar-refractivity contribution in [2.45, 2.75) is 19.4 Å². The zero-order valence-electron chi connectivity index (χ0n) is 11.4. The van der Waals surface area contributed by atoms with Gasteiger partial charge in [0, 0.05) is 17.7 Å². The Balaban J connectivity index is 2.16. The molecule has 0 radical (unpaired) electrons. The first-order valence-corrected chi connectivity index (χ1v) is 6.77. The number of amides is 1. The number of nitrogens with zero attached hydrogens (tertiary/aromatic N) is 3. The fourth-order valence-corrected chi connectivity index (χ4v) is 2.22. The van der Waals surface area contributed by atoms with Crippen LogP contribution in [0.5, 0.6) is 0 Å². The number of nitro groups is 1. The molecule has 0 atom stereocenters. The highest BCUT2D eigenvalue weighted by Crippen LogP contribution is 2.24. The zero-order chi connectivity index (χ0) is 15.6. The molecule has 0 aliphatic heterocycles. The number of aromatic nitrogens is 2. The Morgan fingerprint density at radius 2 is 2.14 bits per heavy atom. The molecule has 1 heterocycles. The summed E-state index contributed by atoms with van der Waals surface area (Å²) in [7, 11) is 0. The van der Waals surface area contributed by atoms with Crippen LogP contribution in [-0.2, 0) is 5.54 Å². The largest absolute Gasteiger partial charge is 0.320 e. The normalized spacial score (nSPS) is 11.2. The van der Waals surface area contributed by atoms with Crippen LogP contribution in [0.15, 0.2) is 24.3 Å². The van der Waals surface area contributed by atoms with Crippen molar-refractivity contribution in [2.75, 3.05) is 5.32 Å². The van der Waals surface area contributed by atoms with Crippen molar-refractivity contribution in [2.24, 2.45) is 5.73 Å². The molecule has 0 saturated carbocycles. The third-order valence-corrected chi connectivity index (χ3v) is 3.69. The predicted octanol–water partition coefficient (Wildman–Crippen LogP) is 1.89. The van der Waals surface area contributed by atoms with Gasteiger partial charge < -0.3 is 5.73 Å². The molecule has 3 N–H and O–H groups in total. The molecular formula is C12H13N5O3S. The van der Waals surface area contributed by atoms with E-state index in [1.807, 2.05) is 0 Å². The Morgan fingerprint density at radius 1 is 1.43 bits per heavy atom. The van der Waals surface area contributed by atoms with Crippen LogP contribution < -0.4 is 11.1 Å². The van der Waals surface area contributed by atoms with Gasteiger partial charge in [0.25, 0.3) is 11.6 Å². The topological polar surface area (TPSA) is 124 Å². The standard InChI is InChI=1S/C12H13N5O3S/c1-12(2,13)10-15-16-11(21-10)14-9(18)7-4-3-5-8(6-7)17(19)20/h3-6H,13H2,1-2H3,(H,14,16,18). The van der Waals surface area contributed by atoms with Crippen LogP contribution in [0.4, 0.5) is 10.8 Å². The Bertz CT molecular complexity index is 692. The molecule has 1 aromatic heterocycles. The van der Waals surface area contributed by atoms with Crippen LogP contribution in [-0.4, -0.2) is 21.0 Å². The fraction of sp³-hybridized carbons (Fsp3) is 0.250. The molecule has 9 heteroatoms. The van der Waals surface area contributed by atoms with Crippen molar-refractivity contribution in [1.82, 2.24) is 10.2 Å². The van der Waals surface area contributed by atoms with Crippen LogP contribution >= 0.6 is 11.3 Å². The minimum Gasteiger partial charge on any atom is -0.320 e. The smallest absolute Gasteiger partial charge is 0.270 e. The van der Waals surface area contributed by atoms with Crippen LogP contribution in [0.3, 0.4) is 0 Å². The third kappa shape index (κ3) is 3.58. The van der Waals surface area contributed by atoms with E-state index in [9.17, 15) is 14.9 Å². The lowest BCUT2D eigenvalue weighted by atomic mass is 10.1. The molecule has 0 saturated heterocycles. The summed E-state index contributed by atoms with van der Waals surface area (Å²) < 4.78 is 0. The van der Waals surface area contributed by atoms with E-state index in [1.54, 1.807) is 13.8 Å². The van der Waals surface area contributed by atoms with E-state index < -0.39 is 16.4 Å². The van der Waals surface area contributed by atoms with Crippen LogP contribution in [0.2, 0.25) is 0 Å². The number of anilines is 1. The maximum atomic E-state index is 12.0. The average molecular weight is 307 g/mol. The van der Waals surface area contributed by atoms with Gasteiger partial charge in [0.15, 0.2) is 0 Å². The number of benzene rings is 1. The van der Waals surface area contributed by atoms with Gasteiger partial charge in [-0.1, -0.05) is 17.4 Å². The van der Waals surface area contributed by atoms with Gasteiger partial charge in [0.05, 0.1) is 10.5 Å². The number of hydrogen-bond acceptors (Lipinski definition) is 7. The summed E-state index contributed by atoms with van der Waals surface area (Å²) in [6.07, 6.45) is 0. The van der Waals surface area contributed by atoms with Gasteiger partial charge in [-0.05, 0) is 19.9 Å². The molecule has 0 aliphatic rings. The van der Waals surface area contributed by atoms with Crippen LogP contribution in [0, 0.1) is 10.1 Å². The molecule has 2 rings (SSSR count). The van der Waals surface area contributed by atoms with Crippen LogP contribution in [0.1, 0.15) is 29.2 Å². The summed E-state index contributed by atoms with van der Waals surface area (Å²) in [6, 6.07) is 5.44. The molecule has 110 valence electrons. The van der Waals surface area contributed by atoms with Crippen molar-refractivity contribution >= 4 is 28.1 Å². The van der Waals surface area contributed by atoms with E-state index >= 15 is 0 Å². The van der Waals surface area contributed by atoms with Crippen LogP contribution in [0.25, 0.3) is 0 Å². The number of non-ortho nitro benzene ring substituents is 1. The Labute approximate surface area is 124 Å². The lowest BCUT2D eigenvalue weighted by molar-refractivity contribution is -0.384. The number of nitrogens with two attached hydrogens (primary N) is 1. The van der Waals surface area contributed by atoms with Crippen molar-refractivity contribution in [3.63, 3.8) is 0 Å². The molecule has 0 fully saturated rings. The second-order valence-electron chi connectivity index (χ2n) is 4.90. The molecule has 0 bridgehead atoms. The second-order valence-corrected chi connectivity index (χ2v) is 5.87. The minimum absolute atomic E-state index is 0.149. The van der Waals surface area contributed by atoms with Crippen molar-refractivity contribution in [1.29, 1.82) is 0 Å². The van der Waals surface area contributed by atoms with Gasteiger partial charge >= 0.3 is 0 Å². The number of nitro benzene ring substituents is 1. The maximum absolute atomic E-state index is 12.0. The summed E-state index contributed by atoms with van der Waals surface area (Å²) in [5, 5.41) is 21.8. The van der Waals surface area contributed by atoms with Gasteiger partial charge in [0.1, 0.15) is 5.01 Å². The molecule has 0 unspecified atom stereocenters. The molecule has 21 heavy (non-hydrogen) atoms. The highest BCUT2D eigenvalue weighted by molar-refractivity contribution is 7.15. The Hall–Kier alpha value is -2.39. The van der Waals surface area contributed by atoms with Gasteiger partial charge in [-0.2, -0.15) is 0 Å². The summed E-state index contributed by atoms with van der Waals surface area (Å²) in [5.74, 6) is -0.490. The fourth-order valence-electron chi connectivity index (χ4n) is 1.46. The molecular weight excluding hydrogens is 294 g/mol. The minimum atomic E-state index is -0.647. The predicted molar refractivity (Wildman–Crippen MR) is 78.2 cm³/mol. The average Bonchev–Trinajstić information content (AvgIpc) is 2.87. The zero-order valence-corrected chi connectivity index (χ0v) is 12.2. The first kappa shape index (κ1) is 15.0. The highest BCUT2D eigenvalue weighted by Gasteiger charge is 2.21. The van der Waals surface area contributed by atoms with E-state index in [0.29, 0.717) is 10.1 Å². The number of hydrogen-bond donors (Lipinski definition) is 2. The second kappa shape index (κ2) is 5.54. The molecule has 1 amide bonds. The van der Waals surface area contributed by atoms with Gasteiger partial charge in [-0.25, -0.2) is 0 Å². The van der Waals surface area contributed by atoms with E-state index in [2.05, 4.69) is 15.5 Å². The van der Waals surface area contributed by atoms with Crippen molar-refractivity contribution < 1.29 is 9.72 Å². The Morgan fingerprint density at radius 3 is 2.71 bits per heavy atom. The molecule has 1 aromatic carbocycles. The van der Waals surface area contributed by atoms with E-state index in [0.717, 1.165) is 11.3 Å². The third-order valence-electron chi connectivity index (χ3n) is 2.52. The van der Waals surface area contributed by atoms with Gasteiger partial charge in [-0.15, -0.1) is 10.2 Å². The molecule has 8 nitrogen and oxygen atoms in total. The number of rotatable bonds is 4. The molecule has 0 aliphatic carbocycles. The highest BCUT2D eigenvalue weighted by atomic mass is 32.1. The summed E-state index contributed by atoms with van der Waals surface area (Å²) in [6.45, 7) is 3.55. The number of carbonyl (C=O) groups excluding carboxylic acids is 1. The SMILES string of the molecule is CC(C)(N)c1nnc(NC(=O)c2cccc([N+](=O)[O-])c2)s1. The van der Waals surface area contributed by atoms with E-state index in [4.69, 9.17) is 5.73 Å². The van der Waals surface area contributed by atoms with Crippen molar-refractivity contribution in [3.05, 3.63) is 45.0 Å². The Kier molecular flexibility index (Phi) is 3.96. The number of carbonyl (C=O) groups is 1. The first-order chi connectivity index (χ1) is 9.77. The molecule has 2 aromatic rings. The van der Waals surface area contributed by atoms with Crippen molar-refractivity contribution in [3.8, 4) is 0 Å². The summed E-state index contributed by atoms with van der Waals surface area (Å²) in [4.78, 5) is 22.2. The first-order valence-electron chi connectivity index (χ1n) is 5.96. The summed E-state index contributed by atoms with van der Waals surface area (Å²) in [5.41, 5.74) is 5.26. The van der Waals surface area contributed by atoms with E-state index in [-0.39, 0.29) is 11.3 Å². The number of nitrogens with one attached hydrogen (secondary N) is 1. The quantitative estimate of drug-likeness (QED) is 0.656.